The highest BCUT2D eigenvalue weighted by Crippen LogP contribution is 2.32. The molecular weight excluding hydrogens is 311 g/mol. The van der Waals surface area contributed by atoms with Gasteiger partial charge in [-0.3, -0.25) is 9.59 Å². The Morgan fingerprint density at radius 2 is 2.00 bits per heavy atom. The zero-order chi connectivity index (χ0) is 17.3. The molecule has 1 aliphatic rings. The summed E-state index contributed by atoms with van der Waals surface area (Å²) in [7, 11) is 0. The van der Waals surface area contributed by atoms with Crippen LogP contribution in [-0.2, 0) is 11.3 Å². The SMILES string of the molecule is Cc1cccn(CC(=O)N2C[C@@H](O)C[C@@H]2c2ccc(F)cc2)c1=O. The molecule has 2 aromatic rings. The Morgan fingerprint density at radius 3 is 2.71 bits per heavy atom. The molecule has 1 aliphatic heterocycles. The maximum atomic E-state index is 13.1. The third-order valence-electron chi connectivity index (χ3n) is 4.37. The predicted molar refractivity (Wildman–Crippen MR) is 86.9 cm³/mol. The van der Waals surface area contributed by atoms with Crippen molar-refractivity contribution in [3.63, 3.8) is 0 Å². The molecule has 0 aliphatic carbocycles. The van der Waals surface area contributed by atoms with Crippen molar-refractivity contribution < 1.29 is 14.3 Å². The molecule has 126 valence electrons. The fourth-order valence-corrected chi connectivity index (χ4v) is 3.11. The zero-order valence-corrected chi connectivity index (χ0v) is 13.4. The van der Waals surface area contributed by atoms with Gasteiger partial charge in [-0.25, -0.2) is 4.39 Å². The van der Waals surface area contributed by atoms with Crippen LogP contribution in [0.1, 0.15) is 23.6 Å². The number of β-amino-alcohol motifs (C(OH)–C–C–N with tert-alkyl or cyclic N) is 1. The number of aromatic nitrogens is 1. The van der Waals surface area contributed by atoms with Crippen molar-refractivity contribution in [3.8, 4) is 0 Å². The highest BCUT2D eigenvalue weighted by Gasteiger charge is 2.35. The van der Waals surface area contributed by atoms with Crippen LogP contribution in [0, 0.1) is 12.7 Å². The number of rotatable bonds is 3. The van der Waals surface area contributed by atoms with Crippen LogP contribution < -0.4 is 5.56 Å². The highest BCUT2D eigenvalue weighted by molar-refractivity contribution is 5.77. The van der Waals surface area contributed by atoms with E-state index in [1.165, 1.54) is 16.7 Å². The number of benzene rings is 1. The summed E-state index contributed by atoms with van der Waals surface area (Å²) in [6.07, 6.45) is 1.35. The van der Waals surface area contributed by atoms with Crippen LogP contribution in [-0.4, -0.2) is 33.1 Å². The fourth-order valence-electron chi connectivity index (χ4n) is 3.11. The number of pyridine rings is 1. The molecule has 1 aromatic heterocycles. The molecule has 6 heteroatoms. The van der Waals surface area contributed by atoms with Crippen LogP contribution in [0.3, 0.4) is 0 Å². The van der Waals surface area contributed by atoms with Gasteiger partial charge in [-0.15, -0.1) is 0 Å². The van der Waals surface area contributed by atoms with Gasteiger partial charge in [-0.2, -0.15) is 0 Å². The number of aryl methyl sites for hydroxylation is 1. The van der Waals surface area contributed by atoms with Gasteiger partial charge in [-0.1, -0.05) is 18.2 Å². The number of carbonyl (C=O) groups is 1. The molecule has 1 saturated heterocycles. The Hall–Kier alpha value is -2.47. The summed E-state index contributed by atoms with van der Waals surface area (Å²) in [4.78, 5) is 26.3. The maximum Gasteiger partial charge on any atom is 0.253 e. The van der Waals surface area contributed by atoms with E-state index in [9.17, 15) is 19.1 Å². The standard InChI is InChI=1S/C18H19FN2O3/c1-12-3-2-8-20(18(12)24)11-17(23)21-10-15(22)9-16(21)13-4-6-14(19)7-5-13/h2-8,15-16,22H,9-11H2,1H3/t15-,16+/m0/s1. The van der Waals surface area contributed by atoms with Gasteiger partial charge in [0.1, 0.15) is 12.4 Å². The molecule has 24 heavy (non-hydrogen) atoms. The lowest BCUT2D eigenvalue weighted by atomic mass is 10.0. The lowest BCUT2D eigenvalue weighted by Crippen LogP contribution is -2.37. The fraction of sp³-hybridized carbons (Fsp3) is 0.333. The Balaban J connectivity index is 1.83. The molecule has 1 amide bonds. The molecule has 2 heterocycles. The van der Waals surface area contributed by atoms with E-state index in [1.54, 1.807) is 42.3 Å². The summed E-state index contributed by atoms with van der Waals surface area (Å²) < 4.78 is 14.5. The van der Waals surface area contributed by atoms with Gasteiger partial charge in [0.05, 0.1) is 12.1 Å². The van der Waals surface area contributed by atoms with E-state index in [2.05, 4.69) is 0 Å². The van der Waals surface area contributed by atoms with E-state index < -0.39 is 6.10 Å². The number of nitrogens with zero attached hydrogens (tertiary/aromatic N) is 2. The van der Waals surface area contributed by atoms with Crippen molar-refractivity contribution in [2.45, 2.75) is 32.0 Å². The number of aliphatic hydroxyl groups excluding tert-OH is 1. The lowest BCUT2D eigenvalue weighted by molar-refractivity contribution is -0.133. The van der Waals surface area contributed by atoms with Crippen molar-refractivity contribution in [2.24, 2.45) is 0 Å². The first-order valence-electron chi connectivity index (χ1n) is 7.85. The summed E-state index contributed by atoms with van der Waals surface area (Å²) in [6, 6.07) is 9.04. The molecule has 3 rings (SSSR count). The molecule has 2 atom stereocenters. The third kappa shape index (κ3) is 3.23. The Kier molecular flexibility index (Phi) is 4.49. The normalized spacial score (nSPS) is 20.4. The average Bonchev–Trinajstić information content (AvgIpc) is 2.94. The zero-order valence-electron chi connectivity index (χ0n) is 13.4. The number of hydrogen-bond donors (Lipinski definition) is 1. The number of hydrogen-bond acceptors (Lipinski definition) is 3. The number of likely N-dealkylation sites (tertiary alicyclic amines) is 1. The Bertz CT molecular complexity index is 801. The first kappa shape index (κ1) is 16.4. The minimum atomic E-state index is -0.627. The van der Waals surface area contributed by atoms with Crippen molar-refractivity contribution in [1.82, 2.24) is 9.47 Å². The van der Waals surface area contributed by atoms with Crippen molar-refractivity contribution in [2.75, 3.05) is 6.54 Å². The maximum absolute atomic E-state index is 13.1. The van der Waals surface area contributed by atoms with E-state index >= 15 is 0 Å². The van der Waals surface area contributed by atoms with Crippen molar-refractivity contribution in [3.05, 3.63) is 69.9 Å². The van der Waals surface area contributed by atoms with E-state index in [4.69, 9.17) is 0 Å². The first-order chi connectivity index (χ1) is 11.5. The largest absolute Gasteiger partial charge is 0.391 e. The monoisotopic (exact) mass is 330 g/mol. The van der Waals surface area contributed by atoms with Crippen molar-refractivity contribution >= 4 is 5.91 Å². The van der Waals surface area contributed by atoms with Crippen molar-refractivity contribution in [1.29, 1.82) is 0 Å². The van der Waals surface area contributed by atoms with Crippen LogP contribution in [0.5, 0.6) is 0 Å². The summed E-state index contributed by atoms with van der Waals surface area (Å²) in [6.45, 7) is 1.83. The predicted octanol–water partition coefficient (Wildman–Crippen LogP) is 1.63. The summed E-state index contributed by atoms with van der Waals surface area (Å²) in [5, 5.41) is 9.96. The molecular formula is C18H19FN2O3. The second-order valence-corrected chi connectivity index (χ2v) is 6.13. The van der Waals surface area contributed by atoms with E-state index in [-0.39, 0.29) is 36.4 Å². The molecule has 0 spiro atoms. The average molecular weight is 330 g/mol. The van der Waals surface area contributed by atoms with Gasteiger partial charge in [0, 0.05) is 18.3 Å². The molecule has 1 N–H and O–H groups in total. The Labute approximate surface area is 139 Å². The van der Waals surface area contributed by atoms with Crippen LogP contribution in [0.2, 0.25) is 0 Å². The molecule has 1 fully saturated rings. The summed E-state index contributed by atoms with van der Waals surface area (Å²) >= 11 is 0. The second-order valence-electron chi connectivity index (χ2n) is 6.13. The molecule has 0 saturated carbocycles. The quantitative estimate of drug-likeness (QED) is 0.930. The van der Waals surface area contributed by atoms with Gasteiger partial charge in [0.2, 0.25) is 5.91 Å². The number of carbonyl (C=O) groups excluding carboxylic acids is 1. The van der Waals surface area contributed by atoms with Gasteiger partial charge >= 0.3 is 0 Å². The highest BCUT2D eigenvalue weighted by atomic mass is 19.1. The lowest BCUT2D eigenvalue weighted by Gasteiger charge is -2.25. The molecule has 5 nitrogen and oxygen atoms in total. The first-order valence-corrected chi connectivity index (χ1v) is 7.85. The van der Waals surface area contributed by atoms with Crippen LogP contribution >= 0.6 is 0 Å². The summed E-state index contributed by atoms with van der Waals surface area (Å²) in [5.41, 5.74) is 1.14. The number of aliphatic hydroxyl groups is 1. The van der Waals surface area contributed by atoms with E-state index in [0.29, 0.717) is 12.0 Å². The molecule has 1 aromatic carbocycles. The Morgan fingerprint density at radius 1 is 1.29 bits per heavy atom. The van der Waals surface area contributed by atoms with Crippen LogP contribution in [0.15, 0.2) is 47.4 Å². The topological polar surface area (TPSA) is 62.5 Å². The molecule has 0 bridgehead atoms. The van der Waals surface area contributed by atoms with Gasteiger partial charge < -0.3 is 14.6 Å². The molecule has 0 unspecified atom stereocenters. The van der Waals surface area contributed by atoms with Gasteiger partial charge in [0.15, 0.2) is 0 Å². The van der Waals surface area contributed by atoms with Crippen LogP contribution in [0.4, 0.5) is 4.39 Å². The second kappa shape index (κ2) is 6.57. The van der Waals surface area contributed by atoms with E-state index in [1.807, 2.05) is 0 Å². The van der Waals surface area contributed by atoms with Gasteiger partial charge in [0.25, 0.3) is 5.56 Å². The minimum absolute atomic E-state index is 0.0784. The van der Waals surface area contributed by atoms with Crippen LogP contribution in [0.25, 0.3) is 0 Å². The van der Waals surface area contributed by atoms with E-state index in [0.717, 1.165) is 5.56 Å². The third-order valence-corrected chi connectivity index (χ3v) is 4.37. The number of halogens is 1. The summed E-state index contributed by atoms with van der Waals surface area (Å²) in [5.74, 6) is -0.588. The minimum Gasteiger partial charge on any atom is -0.391 e. The number of amides is 1. The smallest absolute Gasteiger partial charge is 0.253 e. The molecule has 0 radical (unpaired) electrons. The van der Waals surface area contributed by atoms with Gasteiger partial charge in [-0.05, 0) is 37.1 Å².